The van der Waals surface area contributed by atoms with Gasteiger partial charge in [0.25, 0.3) is 5.78 Å². The highest BCUT2D eigenvalue weighted by molar-refractivity contribution is 6.40. The molecule has 0 aliphatic heterocycles. The average molecular weight is 230 g/mol. The van der Waals surface area contributed by atoms with Gasteiger partial charge in [0.1, 0.15) is 0 Å². The van der Waals surface area contributed by atoms with Gasteiger partial charge >= 0.3 is 5.97 Å². The van der Waals surface area contributed by atoms with Gasteiger partial charge in [-0.25, -0.2) is 9.48 Å². The van der Waals surface area contributed by atoms with Gasteiger partial charge in [0.05, 0.1) is 17.4 Å². The molecule has 0 spiro atoms. The summed E-state index contributed by atoms with van der Waals surface area (Å²) in [5, 5.41) is 12.8. The van der Waals surface area contributed by atoms with Crippen LogP contribution >= 0.6 is 0 Å². The first kappa shape index (κ1) is 11.1. The van der Waals surface area contributed by atoms with Gasteiger partial charge in [-0.15, -0.1) is 0 Å². The number of carboxylic acid groups (broad SMARTS) is 1. The molecule has 1 aromatic heterocycles. The van der Waals surface area contributed by atoms with Crippen molar-refractivity contribution in [3.63, 3.8) is 0 Å². The van der Waals surface area contributed by atoms with Crippen molar-refractivity contribution in [1.29, 1.82) is 0 Å². The van der Waals surface area contributed by atoms with Crippen LogP contribution in [0.4, 0.5) is 0 Å². The van der Waals surface area contributed by atoms with Crippen LogP contribution in [-0.2, 0) is 4.79 Å². The minimum absolute atomic E-state index is 0.128. The number of nitrogens with zero attached hydrogens (tertiary/aromatic N) is 2. The Bertz CT molecular complexity index is 587. The number of hydrogen-bond donors (Lipinski definition) is 1. The number of hydrogen-bond acceptors (Lipinski definition) is 3. The molecule has 0 saturated heterocycles. The number of aliphatic carboxylic acids is 1. The molecular formula is C12H10N2O3. The van der Waals surface area contributed by atoms with Crippen LogP contribution in [0.3, 0.4) is 0 Å². The predicted molar refractivity (Wildman–Crippen MR) is 60.3 cm³/mol. The third kappa shape index (κ3) is 2.08. The fourth-order valence-corrected chi connectivity index (χ4v) is 1.53. The minimum Gasteiger partial charge on any atom is -0.475 e. The number of ketones is 1. The molecule has 1 heterocycles. The number of aromatic nitrogens is 2. The third-order valence-electron chi connectivity index (χ3n) is 2.30. The maximum Gasteiger partial charge on any atom is 0.377 e. The summed E-state index contributed by atoms with van der Waals surface area (Å²) in [5.41, 5.74) is 1.53. The van der Waals surface area contributed by atoms with Gasteiger partial charge in [0.2, 0.25) is 0 Å². The molecule has 1 N–H and O–H groups in total. The van der Waals surface area contributed by atoms with E-state index in [9.17, 15) is 9.59 Å². The summed E-state index contributed by atoms with van der Waals surface area (Å²) in [7, 11) is 0. The Morgan fingerprint density at radius 1 is 1.29 bits per heavy atom. The Hall–Kier alpha value is -2.43. The summed E-state index contributed by atoms with van der Waals surface area (Å²) in [4.78, 5) is 22.2. The van der Waals surface area contributed by atoms with Crippen LogP contribution in [0.5, 0.6) is 0 Å². The Morgan fingerprint density at radius 3 is 2.59 bits per heavy atom. The number of rotatable bonds is 3. The summed E-state index contributed by atoms with van der Waals surface area (Å²) >= 11 is 0. The number of carbonyl (C=O) groups is 2. The minimum atomic E-state index is -1.47. The molecular weight excluding hydrogens is 220 g/mol. The second-order valence-electron chi connectivity index (χ2n) is 3.61. The summed E-state index contributed by atoms with van der Waals surface area (Å²) in [6.07, 6.45) is 3.37. The van der Waals surface area contributed by atoms with Gasteiger partial charge in [0, 0.05) is 6.20 Å². The van der Waals surface area contributed by atoms with Crippen molar-refractivity contribution < 1.29 is 14.7 Å². The van der Waals surface area contributed by atoms with Crippen molar-refractivity contribution >= 4 is 11.8 Å². The van der Waals surface area contributed by atoms with E-state index in [-0.39, 0.29) is 5.56 Å². The molecule has 0 atom stereocenters. The quantitative estimate of drug-likeness (QED) is 0.639. The number of carboxylic acids is 1. The maximum atomic E-state index is 11.5. The van der Waals surface area contributed by atoms with E-state index in [1.165, 1.54) is 10.7 Å². The first-order valence-electron chi connectivity index (χ1n) is 4.98. The largest absolute Gasteiger partial charge is 0.475 e. The molecule has 0 unspecified atom stereocenters. The van der Waals surface area contributed by atoms with E-state index in [0.29, 0.717) is 5.69 Å². The van der Waals surface area contributed by atoms with Crippen LogP contribution in [-0.4, -0.2) is 26.6 Å². The standard InChI is InChI=1S/C12H10N2O3/c1-8-6-13-14(7-8)10-5-3-2-4-9(10)11(15)12(16)17/h2-7H,1H3,(H,16,17). The van der Waals surface area contributed by atoms with E-state index in [2.05, 4.69) is 5.10 Å². The number of aryl methyl sites for hydroxylation is 1. The van der Waals surface area contributed by atoms with Crippen LogP contribution in [0.2, 0.25) is 0 Å². The molecule has 2 rings (SSSR count). The van der Waals surface area contributed by atoms with E-state index >= 15 is 0 Å². The lowest BCUT2D eigenvalue weighted by Crippen LogP contribution is -2.15. The van der Waals surface area contributed by atoms with Crippen LogP contribution < -0.4 is 0 Å². The van der Waals surface area contributed by atoms with Gasteiger partial charge in [-0.3, -0.25) is 4.79 Å². The maximum absolute atomic E-state index is 11.5. The molecule has 0 aliphatic carbocycles. The molecule has 1 aromatic carbocycles. The summed E-state index contributed by atoms with van der Waals surface area (Å²) in [6.45, 7) is 1.87. The Labute approximate surface area is 97.3 Å². The summed E-state index contributed by atoms with van der Waals surface area (Å²) in [5.74, 6) is -2.41. The molecule has 86 valence electrons. The zero-order chi connectivity index (χ0) is 12.4. The molecule has 2 aromatic rings. The van der Waals surface area contributed by atoms with E-state index < -0.39 is 11.8 Å². The number of carbonyl (C=O) groups excluding carboxylic acids is 1. The van der Waals surface area contributed by atoms with Gasteiger partial charge in [-0.1, -0.05) is 12.1 Å². The molecule has 0 bridgehead atoms. The third-order valence-corrected chi connectivity index (χ3v) is 2.30. The molecule has 0 fully saturated rings. The molecule has 0 aliphatic rings. The first-order chi connectivity index (χ1) is 8.09. The van der Waals surface area contributed by atoms with E-state index in [1.54, 1.807) is 30.6 Å². The fourth-order valence-electron chi connectivity index (χ4n) is 1.53. The van der Waals surface area contributed by atoms with Crippen LogP contribution in [0.15, 0.2) is 36.7 Å². The highest BCUT2D eigenvalue weighted by Crippen LogP contribution is 2.15. The van der Waals surface area contributed by atoms with Crippen molar-refractivity contribution in [3.8, 4) is 5.69 Å². The molecule has 5 nitrogen and oxygen atoms in total. The van der Waals surface area contributed by atoms with Gasteiger partial charge < -0.3 is 5.11 Å². The first-order valence-corrected chi connectivity index (χ1v) is 4.98. The lowest BCUT2D eigenvalue weighted by atomic mass is 10.1. The van der Waals surface area contributed by atoms with Crippen molar-refractivity contribution in [2.24, 2.45) is 0 Å². The summed E-state index contributed by atoms with van der Waals surface area (Å²) < 4.78 is 1.49. The zero-order valence-corrected chi connectivity index (χ0v) is 9.12. The normalized spacial score (nSPS) is 10.2. The second kappa shape index (κ2) is 4.21. The van der Waals surface area contributed by atoms with Crippen LogP contribution in [0, 0.1) is 6.92 Å². The van der Waals surface area contributed by atoms with Crippen molar-refractivity contribution in [3.05, 3.63) is 47.8 Å². The molecule has 0 amide bonds. The SMILES string of the molecule is Cc1cnn(-c2ccccc2C(=O)C(=O)O)c1. The molecule has 17 heavy (non-hydrogen) atoms. The predicted octanol–water partition coefficient (Wildman–Crippen LogP) is 1.45. The van der Waals surface area contributed by atoms with E-state index in [1.807, 2.05) is 6.92 Å². The van der Waals surface area contributed by atoms with Gasteiger partial charge in [0.15, 0.2) is 0 Å². The van der Waals surface area contributed by atoms with Crippen LogP contribution in [0.25, 0.3) is 5.69 Å². The number of para-hydroxylation sites is 1. The lowest BCUT2D eigenvalue weighted by molar-refractivity contribution is -0.131. The van der Waals surface area contributed by atoms with Crippen LogP contribution in [0.1, 0.15) is 15.9 Å². The monoisotopic (exact) mass is 230 g/mol. The zero-order valence-electron chi connectivity index (χ0n) is 9.12. The van der Waals surface area contributed by atoms with E-state index in [4.69, 9.17) is 5.11 Å². The lowest BCUT2D eigenvalue weighted by Gasteiger charge is -2.06. The summed E-state index contributed by atoms with van der Waals surface area (Å²) in [6, 6.07) is 6.48. The highest BCUT2D eigenvalue weighted by Gasteiger charge is 2.19. The number of benzene rings is 1. The van der Waals surface area contributed by atoms with Crippen molar-refractivity contribution in [2.75, 3.05) is 0 Å². The molecule has 5 heteroatoms. The van der Waals surface area contributed by atoms with Crippen molar-refractivity contribution in [1.82, 2.24) is 9.78 Å². The van der Waals surface area contributed by atoms with E-state index in [0.717, 1.165) is 5.56 Å². The fraction of sp³-hybridized carbons (Fsp3) is 0.0833. The highest BCUT2D eigenvalue weighted by atomic mass is 16.4. The Morgan fingerprint density at radius 2 is 2.00 bits per heavy atom. The molecule has 0 radical (unpaired) electrons. The topological polar surface area (TPSA) is 72.2 Å². The Balaban J connectivity index is 2.55. The van der Waals surface area contributed by atoms with Crippen molar-refractivity contribution in [2.45, 2.75) is 6.92 Å². The average Bonchev–Trinajstić information content (AvgIpc) is 2.74. The number of Topliss-reactive ketones (excluding diaryl/α,β-unsaturated/α-hetero) is 1. The molecule has 0 saturated carbocycles. The van der Waals surface area contributed by atoms with Gasteiger partial charge in [-0.2, -0.15) is 5.10 Å². The Kier molecular flexibility index (Phi) is 2.74. The van der Waals surface area contributed by atoms with Gasteiger partial charge in [-0.05, 0) is 24.6 Å². The second-order valence-corrected chi connectivity index (χ2v) is 3.61. The smallest absolute Gasteiger partial charge is 0.377 e.